The van der Waals surface area contributed by atoms with E-state index in [2.05, 4.69) is 20.6 Å². The Labute approximate surface area is 110 Å². The zero-order valence-corrected chi connectivity index (χ0v) is 10.8. The molecule has 2 fully saturated rings. The number of halogens is 1. The van der Waals surface area contributed by atoms with Crippen molar-refractivity contribution >= 4 is 5.91 Å². The summed E-state index contributed by atoms with van der Waals surface area (Å²) in [6, 6.07) is 0. The van der Waals surface area contributed by atoms with Crippen molar-refractivity contribution in [2.45, 2.75) is 32.1 Å². The molecule has 7 heteroatoms. The molecule has 1 N–H and O–H groups in total. The molecule has 1 aliphatic heterocycles. The number of aryl methyl sites for hydroxylation is 1. The van der Waals surface area contributed by atoms with E-state index in [4.69, 9.17) is 0 Å². The van der Waals surface area contributed by atoms with Crippen LogP contribution in [0.15, 0.2) is 0 Å². The van der Waals surface area contributed by atoms with Crippen molar-refractivity contribution in [2.75, 3.05) is 19.8 Å². The summed E-state index contributed by atoms with van der Waals surface area (Å²) < 4.78 is 13.1. The van der Waals surface area contributed by atoms with Crippen molar-refractivity contribution < 1.29 is 9.18 Å². The third-order valence-electron chi connectivity index (χ3n) is 4.60. The molecule has 6 nitrogen and oxygen atoms in total. The van der Waals surface area contributed by atoms with Gasteiger partial charge >= 0.3 is 0 Å². The Morgan fingerprint density at radius 3 is 3.05 bits per heavy atom. The van der Waals surface area contributed by atoms with Gasteiger partial charge in [0, 0.05) is 31.3 Å². The van der Waals surface area contributed by atoms with E-state index in [1.54, 1.807) is 0 Å². The van der Waals surface area contributed by atoms with E-state index < -0.39 is 0 Å². The number of tetrazole rings is 1. The molecule has 0 bridgehead atoms. The monoisotopic (exact) mass is 267 g/mol. The van der Waals surface area contributed by atoms with E-state index in [-0.39, 0.29) is 18.0 Å². The van der Waals surface area contributed by atoms with Crippen LogP contribution in [-0.2, 0) is 11.2 Å². The maximum atomic E-state index is 13.1. The lowest BCUT2D eigenvalue weighted by molar-refractivity contribution is -0.130. The molecule has 1 aromatic rings. The molecule has 1 aromatic heterocycles. The van der Waals surface area contributed by atoms with Gasteiger partial charge in [0.2, 0.25) is 5.91 Å². The summed E-state index contributed by atoms with van der Waals surface area (Å²) in [5.41, 5.74) is -0.205. The molecule has 0 aromatic carbocycles. The van der Waals surface area contributed by atoms with Crippen LogP contribution in [0.3, 0.4) is 0 Å². The molecule has 1 amide bonds. The predicted molar refractivity (Wildman–Crippen MR) is 64.8 cm³/mol. The van der Waals surface area contributed by atoms with Gasteiger partial charge in [-0.1, -0.05) is 5.21 Å². The van der Waals surface area contributed by atoms with Gasteiger partial charge in [-0.25, -0.2) is 0 Å². The molecule has 0 radical (unpaired) electrons. The van der Waals surface area contributed by atoms with Crippen LogP contribution in [0.5, 0.6) is 0 Å². The van der Waals surface area contributed by atoms with Gasteiger partial charge in [-0.05, 0) is 25.2 Å². The van der Waals surface area contributed by atoms with Crippen LogP contribution in [0.2, 0.25) is 0 Å². The fourth-order valence-corrected chi connectivity index (χ4v) is 3.21. The van der Waals surface area contributed by atoms with Crippen molar-refractivity contribution in [2.24, 2.45) is 11.3 Å². The van der Waals surface area contributed by atoms with Gasteiger partial charge in [0.1, 0.15) is 0 Å². The number of carbonyl (C=O) groups excluding carboxylic acids is 1. The molecule has 1 saturated carbocycles. The predicted octanol–water partition coefficient (Wildman–Crippen LogP) is 0.730. The second-order valence-corrected chi connectivity index (χ2v) is 5.69. The molecule has 1 aliphatic carbocycles. The first-order valence-corrected chi connectivity index (χ1v) is 6.79. The van der Waals surface area contributed by atoms with Gasteiger partial charge in [0.15, 0.2) is 5.82 Å². The second kappa shape index (κ2) is 4.86. The first kappa shape index (κ1) is 12.5. The van der Waals surface area contributed by atoms with E-state index in [1.165, 1.54) is 0 Å². The number of nitrogens with one attached hydrogen (secondary N) is 1. The SMILES string of the molecule is O=C(CCCc1nn[nH]n1)N1C[C@@H]2CC[C@]2(CF)C1. The van der Waals surface area contributed by atoms with E-state index in [9.17, 15) is 9.18 Å². The van der Waals surface area contributed by atoms with Gasteiger partial charge in [-0.15, -0.1) is 10.2 Å². The number of rotatable bonds is 5. The maximum absolute atomic E-state index is 13.1. The summed E-state index contributed by atoms with van der Waals surface area (Å²) in [5.74, 6) is 1.15. The molecule has 0 unspecified atom stereocenters. The molecule has 3 rings (SSSR count). The number of carbonyl (C=O) groups is 1. The molecule has 19 heavy (non-hydrogen) atoms. The standard InChI is InChI=1S/C12H18FN5O/c13-7-12-5-4-9(12)6-18(8-12)11(19)3-1-2-10-14-16-17-15-10/h9H,1-8H2,(H,14,15,16,17)/t9-,12-/m0/s1. The van der Waals surface area contributed by atoms with Crippen molar-refractivity contribution in [3.63, 3.8) is 0 Å². The molecule has 2 aliphatic rings. The first-order valence-electron chi connectivity index (χ1n) is 6.79. The Balaban J connectivity index is 1.46. The van der Waals surface area contributed by atoms with Crippen molar-refractivity contribution in [1.82, 2.24) is 25.5 Å². The number of hydrogen-bond donors (Lipinski definition) is 1. The van der Waals surface area contributed by atoms with E-state index in [0.29, 0.717) is 37.5 Å². The molecular formula is C12H18FN5O. The zero-order chi connectivity index (χ0) is 13.3. The Morgan fingerprint density at radius 1 is 1.58 bits per heavy atom. The largest absolute Gasteiger partial charge is 0.342 e. The van der Waals surface area contributed by atoms with Crippen LogP contribution < -0.4 is 0 Å². The third-order valence-corrected chi connectivity index (χ3v) is 4.60. The summed E-state index contributed by atoms with van der Waals surface area (Å²) in [5, 5.41) is 13.6. The summed E-state index contributed by atoms with van der Waals surface area (Å²) >= 11 is 0. The Hall–Kier alpha value is -1.53. The number of H-pyrrole nitrogens is 1. The number of alkyl halides is 1. The van der Waals surface area contributed by atoms with Crippen molar-refractivity contribution in [3.8, 4) is 0 Å². The van der Waals surface area contributed by atoms with Crippen molar-refractivity contribution in [3.05, 3.63) is 5.82 Å². The van der Waals surface area contributed by atoms with Gasteiger partial charge in [-0.3, -0.25) is 9.18 Å². The molecule has 2 heterocycles. The fourth-order valence-electron chi connectivity index (χ4n) is 3.21. The highest BCUT2D eigenvalue weighted by molar-refractivity contribution is 5.76. The number of amides is 1. The minimum absolute atomic E-state index is 0.130. The van der Waals surface area contributed by atoms with E-state index in [0.717, 1.165) is 19.4 Å². The van der Waals surface area contributed by atoms with Gasteiger partial charge in [0.05, 0.1) is 6.67 Å². The summed E-state index contributed by atoms with van der Waals surface area (Å²) in [4.78, 5) is 13.9. The number of hydrogen-bond acceptors (Lipinski definition) is 4. The number of likely N-dealkylation sites (tertiary alicyclic amines) is 1. The maximum Gasteiger partial charge on any atom is 0.222 e. The zero-order valence-electron chi connectivity index (χ0n) is 10.8. The highest BCUT2D eigenvalue weighted by Crippen LogP contribution is 2.52. The average Bonchev–Trinajstić information content (AvgIpc) is 2.98. The molecule has 2 atom stereocenters. The molecule has 104 valence electrons. The Morgan fingerprint density at radius 2 is 2.47 bits per heavy atom. The van der Waals surface area contributed by atoms with E-state index >= 15 is 0 Å². The summed E-state index contributed by atoms with van der Waals surface area (Å²) in [6.45, 7) is 1.06. The Kier molecular flexibility index (Phi) is 3.20. The Bertz CT molecular complexity index is 447. The van der Waals surface area contributed by atoms with Crippen LogP contribution in [0.4, 0.5) is 4.39 Å². The molecule has 0 spiro atoms. The van der Waals surface area contributed by atoms with Crippen LogP contribution in [0.1, 0.15) is 31.5 Å². The second-order valence-electron chi connectivity index (χ2n) is 5.69. The molecule has 1 saturated heterocycles. The average molecular weight is 267 g/mol. The van der Waals surface area contributed by atoms with Gasteiger partial charge < -0.3 is 4.90 Å². The van der Waals surface area contributed by atoms with Gasteiger partial charge in [-0.2, -0.15) is 5.21 Å². The van der Waals surface area contributed by atoms with Crippen LogP contribution in [0.25, 0.3) is 0 Å². The lowest BCUT2D eigenvalue weighted by atomic mass is 9.63. The summed E-state index contributed by atoms with van der Waals surface area (Å²) in [7, 11) is 0. The van der Waals surface area contributed by atoms with E-state index in [1.807, 2.05) is 4.90 Å². The first-order chi connectivity index (χ1) is 9.23. The number of fused-ring (bicyclic) bond motifs is 1. The lowest BCUT2D eigenvalue weighted by Gasteiger charge is -2.41. The molecular weight excluding hydrogens is 249 g/mol. The summed E-state index contributed by atoms with van der Waals surface area (Å²) in [6.07, 6.45) is 3.83. The van der Waals surface area contributed by atoms with Gasteiger partial charge in [0.25, 0.3) is 0 Å². The number of aromatic nitrogens is 4. The minimum Gasteiger partial charge on any atom is -0.342 e. The highest BCUT2D eigenvalue weighted by Gasteiger charge is 2.53. The van der Waals surface area contributed by atoms with Crippen LogP contribution in [0, 0.1) is 11.3 Å². The third kappa shape index (κ3) is 2.21. The lowest BCUT2D eigenvalue weighted by Crippen LogP contribution is -2.41. The highest BCUT2D eigenvalue weighted by atomic mass is 19.1. The van der Waals surface area contributed by atoms with Crippen molar-refractivity contribution in [1.29, 1.82) is 0 Å². The van der Waals surface area contributed by atoms with Crippen LogP contribution in [-0.4, -0.2) is 51.2 Å². The minimum atomic E-state index is -0.287. The smallest absolute Gasteiger partial charge is 0.222 e. The number of aromatic amines is 1. The quantitative estimate of drug-likeness (QED) is 0.853. The topological polar surface area (TPSA) is 74.8 Å². The number of nitrogens with zero attached hydrogens (tertiary/aromatic N) is 4. The fraction of sp³-hybridized carbons (Fsp3) is 0.833. The normalized spacial score (nSPS) is 29.1. The van der Waals surface area contributed by atoms with Crippen LogP contribution >= 0.6 is 0 Å².